The maximum Gasteiger partial charge on any atom is 0.344 e. The molecule has 1 aromatic rings. The summed E-state index contributed by atoms with van der Waals surface area (Å²) in [5.74, 6) is -2.74. The van der Waals surface area contributed by atoms with Gasteiger partial charge in [0.15, 0.2) is 0 Å². The van der Waals surface area contributed by atoms with E-state index >= 15 is 0 Å². The van der Waals surface area contributed by atoms with Crippen molar-refractivity contribution in [3.05, 3.63) is 38.9 Å². The average Bonchev–Trinajstić information content (AvgIpc) is 2.57. The second-order valence-corrected chi connectivity index (χ2v) is 5.97. The summed E-state index contributed by atoms with van der Waals surface area (Å²) in [6.07, 6.45) is -0.464. The molecule has 0 bridgehead atoms. The number of benzene rings is 1. The van der Waals surface area contributed by atoms with Gasteiger partial charge in [0.2, 0.25) is 11.4 Å². The number of esters is 2. The molecule has 0 atom stereocenters. The average molecular weight is 380 g/mol. The fourth-order valence-electron chi connectivity index (χ4n) is 2.70. The van der Waals surface area contributed by atoms with Crippen molar-refractivity contribution >= 4 is 23.5 Å². The number of ether oxygens (including phenoxy) is 2. The molecule has 0 aromatic heterocycles. The Morgan fingerprint density at radius 1 is 1.11 bits per heavy atom. The SMILES string of the molecule is CCOC(=O)C(Cc1c([N+](=O)[O-])ccc(C)c1C)(NC(C)=O)C(=O)OCC. The molecule has 0 saturated carbocycles. The van der Waals surface area contributed by atoms with Gasteiger partial charge in [-0.25, -0.2) is 9.59 Å². The first-order chi connectivity index (χ1) is 12.6. The van der Waals surface area contributed by atoms with Crippen LogP contribution in [-0.2, 0) is 30.3 Å². The molecule has 9 heteroatoms. The van der Waals surface area contributed by atoms with Gasteiger partial charge in [-0.05, 0) is 38.8 Å². The minimum absolute atomic E-state index is 0.0472. The molecular weight excluding hydrogens is 356 g/mol. The van der Waals surface area contributed by atoms with Crippen LogP contribution in [0, 0.1) is 24.0 Å². The maximum atomic E-state index is 12.7. The van der Waals surface area contributed by atoms with Crippen molar-refractivity contribution in [2.24, 2.45) is 0 Å². The molecule has 1 amide bonds. The van der Waals surface area contributed by atoms with E-state index in [1.807, 2.05) is 0 Å². The standard InChI is InChI=1S/C18H24N2O7/c1-6-26-16(22)18(19-13(5)21,17(23)27-7-2)10-14-12(4)11(3)8-9-15(14)20(24)25/h8-9H,6-7,10H2,1-5H3,(H,19,21). The highest BCUT2D eigenvalue weighted by molar-refractivity contribution is 6.08. The van der Waals surface area contributed by atoms with Crippen molar-refractivity contribution in [1.29, 1.82) is 0 Å². The van der Waals surface area contributed by atoms with Gasteiger partial charge < -0.3 is 14.8 Å². The number of hydrogen-bond acceptors (Lipinski definition) is 7. The van der Waals surface area contributed by atoms with Crippen LogP contribution >= 0.6 is 0 Å². The molecule has 1 aromatic carbocycles. The van der Waals surface area contributed by atoms with Crippen LogP contribution in [-0.4, -0.2) is 41.5 Å². The number of nitrogens with one attached hydrogen (secondary N) is 1. The third-order valence-electron chi connectivity index (χ3n) is 4.12. The number of nitro benzene ring substituents is 1. The number of nitro groups is 1. The zero-order valence-corrected chi connectivity index (χ0v) is 16.1. The number of carbonyl (C=O) groups excluding carboxylic acids is 3. The molecule has 0 fully saturated rings. The summed E-state index contributed by atoms with van der Waals surface area (Å²) in [6.45, 7) is 7.52. The molecule has 9 nitrogen and oxygen atoms in total. The van der Waals surface area contributed by atoms with Gasteiger partial charge in [-0.15, -0.1) is 0 Å². The van der Waals surface area contributed by atoms with Gasteiger partial charge >= 0.3 is 11.9 Å². The largest absolute Gasteiger partial charge is 0.464 e. The fraction of sp³-hybridized carbons (Fsp3) is 0.500. The van der Waals surface area contributed by atoms with Crippen LogP contribution in [0.25, 0.3) is 0 Å². The number of nitrogens with zero attached hydrogens (tertiary/aromatic N) is 1. The summed E-state index contributed by atoms with van der Waals surface area (Å²) in [4.78, 5) is 48.0. The summed E-state index contributed by atoms with van der Waals surface area (Å²) >= 11 is 0. The molecule has 0 spiro atoms. The molecule has 1 rings (SSSR count). The minimum Gasteiger partial charge on any atom is -0.464 e. The zero-order chi connectivity index (χ0) is 20.8. The van der Waals surface area contributed by atoms with Gasteiger partial charge in [0.25, 0.3) is 5.69 Å². The van der Waals surface area contributed by atoms with Crippen LogP contribution in [0.3, 0.4) is 0 Å². The normalized spacial score (nSPS) is 10.9. The molecule has 148 valence electrons. The van der Waals surface area contributed by atoms with Crippen LogP contribution in [0.4, 0.5) is 5.69 Å². The monoisotopic (exact) mass is 380 g/mol. The van der Waals surface area contributed by atoms with Crippen molar-refractivity contribution in [1.82, 2.24) is 5.32 Å². The van der Waals surface area contributed by atoms with Gasteiger partial charge in [0, 0.05) is 25.0 Å². The molecule has 0 saturated heterocycles. The van der Waals surface area contributed by atoms with Crippen LogP contribution in [0.15, 0.2) is 12.1 Å². The lowest BCUT2D eigenvalue weighted by Gasteiger charge is -2.30. The van der Waals surface area contributed by atoms with E-state index in [1.54, 1.807) is 33.8 Å². The van der Waals surface area contributed by atoms with E-state index in [1.165, 1.54) is 6.07 Å². The third kappa shape index (κ3) is 4.81. The second-order valence-electron chi connectivity index (χ2n) is 5.97. The third-order valence-corrected chi connectivity index (χ3v) is 4.12. The number of carbonyl (C=O) groups is 3. The molecule has 0 radical (unpaired) electrons. The van der Waals surface area contributed by atoms with E-state index in [-0.39, 0.29) is 24.5 Å². The molecule has 1 N–H and O–H groups in total. The Kier molecular flexibility index (Phi) is 7.45. The topological polar surface area (TPSA) is 125 Å². The molecular formula is C18H24N2O7. The predicted molar refractivity (Wildman–Crippen MR) is 96.1 cm³/mol. The van der Waals surface area contributed by atoms with Crippen molar-refractivity contribution in [3.63, 3.8) is 0 Å². The first kappa shape index (κ1) is 22.1. The van der Waals surface area contributed by atoms with Crippen LogP contribution in [0.2, 0.25) is 0 Å². The number of aryl methyl sites for hydroxylation is 1. The number of hydrogen-bond donors (Lipinski definition) is 1. The lowest BCUT2D eigenvalue weighted by Crippen LogP contribution is -2.62. The zero-order valence-electron chi connectivity index (χ0n) is 16.1. The van der Waals surface area contributed by atoms with Crippen molar-refractivity contribution in [2.45, 2.75) is 46.6 Å². The molecule has 27 heavy (non-hydrogen) atoms. The summed E-state index contributed by atoms with van der Waals surface area (Å²) in [5.41, 5.74) is -1.06. The molecule has 0 aliphatic rings. The Morgan fingerprint density at radius 2 is 1.63 bits per heavy atom. The van der Waals surface area contributed by atoms with Gasteiger partial charge in [0.1, 0.15) is 0 Å². The Morgan fingerprint density at radius 3 is 2.04 bits per heavy atom. The molecule has 0 aliphatic heterocycles. The molecule has 0 aliphatic carbocycles. The van der Waals surface area contributed by atoms with E-state index in [0.29, 0.717) is 5.56 Å². The lowest BCUT2D eigenvalue weighted by atomic mass is 9.86. The highest BCUT2D eigenvalue weighted by atomic mass is 16.6. The van der Waals surface area contributed by atoms with Crippen LogP contribution in [0.1, 0.15) is 37.5 Å². The van der Waals surface area contributed by atoms with E-state index in [9.17, 15) is 24.5 Å². The molecule has 0 heterocycles. The summed E-state index contributed by atoms with van der Waals surface area (Å²) in [6, 6.07) is 2.87. The Bertz CT molecular complexity index is 740. The van der Waals surface area contributed by atoms with E-state index < -0.39 is 34.7 Å². The summed E-state index contributed by atoms with van der Waals surface area (Å²) in [5, 5.41) is 13.8. The van der Waals surface area contributed by atoms with Crippen LogP contribution in [0.5, 0.6) is 0 Å². The Hall–Kier alpha value is -2.97. The fourth-order valence-corrected chi connectivity index (χ4v) is 2.70. The van der Waals surface area contributed by atoms with E-state index in [2.05, 4.69) is 5.32 Å². The number of rotatable bonds is 8. The predicted octanol–water partition coefficient (Wildman–Crippen LogP) is 1.76. The second kappa shape index (κ2) is 9.11. The maximum absolute atomic E-state index is 12.7. The summed E-state index contributed by atoms with van der Waals surface area (Å²) in [7, 11) is 0. The van der Waals surface area contributed by atoms with E-state index in [0.717, 1.165) is 12.5 Å². The van der Waals surface area contributed by atoms with Crippen molar-refractivity contribution < 1.29 is 28.8 Å². The molecule has 0 unspecified atom stereocenters. The van der Waals surface area contributed by atoms with E-state index in [4.69, 9.17) is 9.47 Å². The van der Waals surface area contributed by atoms with Gasteiger partial charge in [-0.1, -0.05) is 6.07 Å². The smallest absolute Gasteiger partial charge is 0.344 e. The van der Waals surface area contributed by atoms with Crippen molar-refractivity contribution in [3.8, 4) is 0 Å². The highest BCUT2D eigenvalue weighted by Crippen LogP contribution is 2.30. The Labute approximate surface area is 157 Å². The number of amides is 1. The Balaban J connectivity index is 3.68. The van der Waals surface area contributed by atoms with Gasteiger partial charge in [-0.2, -0.15) is 0 Å². The lowest BCUT2D eigenvalue weighted by molar-refractivity contribution is -0.385. The first-order valence-corrected chi connectivity index (χ1v) is 8.47. The first-order valence-electron chi connectivity index (χ1n) is 8.47. The van der Waals surface area contributed by atoms with Crippen molar-refractivity contribution in [2.75, 3.05) is 13.2 Å². The van der Waals surface area contributed by atoms with Crippen LogP contribution < -0.4 is 5.32 Å². The van der Waals surface area contributed by atoms with Gasteiger partial charge in [0.05, 0.1) is 18.1 Å². The summed E-state index contributed by atoms with van der Waals surface area (Å²) < 4.78 is 9.99. The highest BCUT2D eigenvalue weighted by Gasteiger charge is 2.51. The quantitative estimate of drug-likeness (QED) is 0.315. The minimum atomic E-state index is -2.22. The van der Waals surface area contributed by atoms with Gasteiger partial charge in [-0.3, -0.25) is 14.9 Å².